The Bertz CT molecular complexity index is 625. The molecule has 9 heteroatoms. The Morgan fingerprint density at radius 2 is 2.09 bits per heavy atom. The molecule has 1 N–H and O–H groups in total. The van der Waals surface area contributed by atoms with E-state index in [9.17, 15) is 18.4 Å². The van der Waals surface area contributed by atoms with E-state index >= 15 is 0 Å². The largest absolute Gasteiger partial charge is 0.434 e. The average molecular weight is 343 g/mol. The highest BCUT2D eigenvalue weighted by Crippen LogP contribution is 2.26. The quantitative estimate of drug-likeness (QED) is 0.898. The molecule has 0 bridgehead atoms. The lowest BCUT2D eigenvalue weighted by Crippen LogP contribution is -2.54. The van der Waals surface area contributed by atoms with Crippen molar-refractivity contribution in [2.45, 2.75) is 6.10 Å². The molecule has 1 atom stereocenters. The predicted molar refractivity (Wildman–Crippen MR) is 81.0 cm³/mol. The highest BCUT2D eigenvalue weighted by atomic mass is 32.2. The van der Waals surface area contributed by atoms with E-state index in [0.717, 1.165) is 22.6 Å². The number of ether oxygens (including phenoxy) is 1. The number of anilines is 1. The van der Waals surface area contributed by atoms with Crippen LogP contribution in [0.5, 0.6) is 0 Å². The summed E-state index contributed by atoms with van der Waals surface area (Å²) in [5, 5.41) is 5.14. The van der Waals surface area contributed by atoms with Crippen molar-refractivity contribution in [1.29, 1.82) is 0 Å². The summed E-state index contributed by atoms with van der Waals surface area (Å²) >= 11 is 1.72. The average Bonchev–Trinajstić information content (AvgIpc) is 2.99. The van der Waals surface area contributed by atoms with Gasteiger partial charge in [0.25, 0.3) is 5.91 Å². The second kappa shape index (κ2) is 6.71. The second-order valence-corrected chi connectivity index (χ2v) is 6.29. The maximum Gasteiger partial charge on any atom is 0.408 e. The van der Waals surface area contributed by atoms with Gasteiger partial charge in [-0.1, -0.05) is 6.07 Å². The second-order valence-electron chi connectivity index (χ2n) is 5.06. The minimum absolute atomic E-state index is 0.00763. The first-order chi connectivity index (χ1) is 11.1. The summed E-state index contributed by atoms with van der Waals surface area (Å²) in [4.78, 5) is 23.9. The van der Waals surface area contributed by atoms with Crippen molar-refractivity contribution in [1.82, 2.24) is 10.3 Å². The lowest BCUT2D eigenvalue weighted by molar-refractivity contribution is -0.128. The first-order valence-electron chi connectivity index (χ1n) is 7.13. The molecule has 2 aliphatic rings. The van der Waals surface area contributed by atoms with Crippen molar-refractivity contribution in [2.24, 2.45) is 0 Å². The van der Waals surface area contributed by atoms with Gasteiger partial charge in [-0.3, -0.25) is 4.79 Å². The third-order valence-electron chi connectivity index (χ3n) is 3.60. The molecule has 0 aliphatic carbocycles. The fourth-order valence-electron chi connectivity index (χ4n) is 2.48. The molecule has 2 saturated heterocycles. The number of carbonyl (C=O) groups is 2. The number of alkyl carbamates (subject to hydrolysis) is 1. The summed E-state index contributed by atoms with van der Waals surface area (Å²) in [5.74, 6) is -1.20. The van der Waals surface area contributed by atoms with E-state index in [4.69, 9.17) is 4.74 Å². The van der Waals surface area contributed by atoms with E-state index in [1.807, 2.05) is 0 Å². The topological polar surface area (TPSA) is 61.9 Å². The van der Waals surface area contributed by atoms with E-state index in [2.05, 4.69) is 5.32 Å². The standard InChI is InChI=1S/C14H15F2N3O3S/c15-9-2-1-3-10(12(9)16)19(18-4-6-23-7-5-18)13(20)11-8-17-14(21)22-11/h1-3,11H,4-8H2,(H,17,21). The molecule has 0 aromatic heterocycles. The van der Waals surface area contributed by atoms with Crippen LogP contribution >= 0.6 is 11.8 Å². The molecule has 3 rings (SSSR count). The molecule has 0 radical (unpaired) electrons. The summed E-state index contributed by atoms with van der Waals surface area (Å²) in [5.41, 5.74) is -0.176. The monoisotopic (exact) mass is 343 g/mol. The number of benzene rings is 1. The molecular formula is C14H15F2N3O3S. The van der Waals surface area contributed by atoms with E-state index in [1.54, 1.807) is 16.8 Å². The summed E-state index contributed by atoms with van der Waals surface area (Å²) in [6, 6.07) is 3.67. The molecule has 0 saturated carbocycles. The Labute approximate surface area is 135 Å². The molecule has 6 nitrogen and oxygen atoms in total. The summed E-state index contributed by atoms with van der Waals surface area (Å²) in [6.07, 6.45) is -1.75. The lowest BCUT2D eigenvalue weighted by Gasteiger charge is -2.37. The van der Waals surface area contributed by atoms with Crippen molar-refractivity contribution in [2.75, 3.05) is 36.1 Å². The number of halogens is 2. The van der Waals surface area contributed by atoms with Crippen molar-refractivity contribution in [3.63, 3.8) is 0 Å². The van der Waals surface area contributed by atoms with Crippen LogP contribution < -0.4 is 10.3 Å². The van der Waals surface area contributed by atoms with Crippen LogP contribution in [0.25, 0.3) is 0 Å². The van der Waals surface area contributed by atoms with Gasteiger partial charge in [-0.2, -0.15) is 11.8 Å². The number of rotatable bonds is 3. The van der Waals surface area contributed by atoms with Crippen LogP contribution in [0.3, 0.4) is 0 Å². The van der Waals surface area contributed by atoms with Crippen LogP contribution in [0.2, 0.25) is 0 Å². The van der Waals surface area contributed by atoms with Gasteiger partial charge < -0.3 is 10.1 Å². The van der Waals surface area contributed by atoms with Gasteiger partial charge in [-0.05, 0) is 12.1 Å². The van der Waals surface area contributed by atoms with E-state index in [1.165, 1.54) is 12.1 Å². The Hall–Kier alpha value is -1.87. The first kappa shape index (κ1) is 16.0. The fraction of sp³-hybridized carbons (Fsp3) is 0.429. The Balaban J connectivity index is 1.94. The molecule has 1 unspecified atom stereocenters. The molecule has 1 aromatic rings. The highest BCUT2D eigenvalue weighted by Gasteiger charge is 2.37. The minimum Gasteiger partial charge on any atom is -0.434 e. The van der Waals surface area contributed by atoms with Crippen LogP contribution in [0, 0.1) is 11.6 Å². The Morgan fingerprint density at radius 1 is 1.35 bits per heavy atom. The molecule has 0 spiro atoms. The molecule has 2 heterocycles. The molecule has 124 valence electrons. The number of carbonyl (C=O) groups excluding carboxylic acids is 2. The number of hydrogen-bond donors (Lipinski definition) is 1. The van der Waals surface area contributed by atoms with Gasteiger partial charge in [0.2, 0.25) is 6.10 Å². The number of thioether (sulfide) groups is 1. The Kier molecular flexibility index (Phi) is 4.67. The summed E-state index contributed by atoms with van der Waals surface area (Å²) < 4.78 is 32.7. The number of hydrazine groups is 1. The molecule has 23 heavy (non-hydrogen) atoms. The maximum atomic E-state index is 14.2. The third-order valence-corrected chi connectivity index (χ3v) is 4.54. The number of cyclic esters (lactones) is 1. The van der Waals surface area contributed by atoms with Gasteiger partial charge in [0.05, 0.1) is 12.2 Å². The van der Waals surface area contributed by atoms with Crippen molar-refractivity contribution >= 4 is 29.4 Å². The van der Waals surface area contributed by atoms with Crippen LogP contribution in [-0.2, 0) is 9.53 Å². The number of amides is 2. The van der Waals surface area contributed by atoms with Crippen molar-refractivity contribution in [3.05, 3.63) is 29.8 Å². The third kappa shape index (κ3) is 3.25. The molecule has 2 fully saturated rings. The molecule has 1 aromatic carbocycles. The SMILES string of the molecule is O=C1NCC(C(=O)N(c2cccc(F)c2F)N2CCSCC2)O1. The fourth-order valence-corrected chi connectivity index (χ4v) is 3.37. The first-order valence-corrected chi connectivity index (χ1v) is 8.28. The Morgan fingerprint density at radius 3 is 2.74 bits per heavy atom. The number of nitrogens with one attached hydrogen (secondary N) is 1. The van der Waals surface area contributed by atoms with E-state index < -0.39 is 29.7 Å². The normalized spacial score (nSPS) is 21.7. The summed E-state index contributed by atoms with van der Waals surface area (Å²) in [7, 11) is 0. The van der Waals surface area contributed by atoms with Gasteiger partial charge in [0.1, 0.15) is 0 Å². The zero-order valence-electron chi connectivity index (χ0n) is 12.1. The smallest absolute Gasteiger partial charge is 0.408 e. The molecule has 2 aliphatic heterocycles. The zero-order chi connectivity index (χ0) is 16.4. The number of hydrogen-bond acceptors (Lipinski definition) is 5. The summed E-state index contributed by atoms with van der Waals surface area (Å²) in [6.45, 7) is 1.04. The van der Waals surface area contributed by atoms with Gasteiger partial charge >= 0.3 is 6.09 Å². The van der Waals surface area contributed by atoms with Gasteiger partial charge in [0, 0.05) is 24.6 Å². The van der Waals surface area contributed by atoms with Crippen molar-refractivity contribution < 1.29 is 23.1 Å². The van der Waals surface area contributed by atoms with Crippen LogP contribution in [0.15, 0.2) is 18.2 Å². The predicted octanol–water partition coefficient (Wildman–Crippen LogP) is 1.37. The molecule has 2 amide bonds. The van der Waals surface area contributed by atoms with Crippen LogP contribution in [-0.4, -0.2) is 54.3 Å². The van der Waals surface area contributed by atoms with Gasteiger partial charge in [0.15, 0.2) is 11.6 Å². The molecular weight excluding hydrogens is 328 g/mol. The number of nitrogens with zero attached hydrogens (tertiary/aromatic N) is 2. The van der Waals surface area contributed by atoms with Crippen LogP contribution in [0.1, 0.15) is 0 Å². The lowest BCUT2D eigenvalue weighted by atomic mass is 10.2. The van der Waals surface area contributed by atoms with Gasteiger partial charge in [-0.15, -0.1) is 0 Å². The van der Waals surface area contributed by atoms with Crippen molar-refractivity contribution in [3.8, 4) is 0 Å². The van der Waals surface area contributed by atoms with Gasteiger partial charge in [-0.25, -0.2) is 23.6 Å². The van der Waals surface area contributed by atoms with Crippen LogP contribution in [0.4, 0.5) is 19.3 Å². The van der Waals surface area contributed by atoms with E-state index in [-0.39, 0.29) is 12.2 Å². The zero-order valence-corrected chi connectivity index (χ0v) is 12.9. The van der Waals surface area contributed by atoms with E-state index in [0.29, 0.717) is 13.1 Å². The maximum absolute atomic E-state index is 14.2. The minimum atomic E-state index is -1.10. The highest BCUT2D eigenvalue weighted by molar-refractivity contribution is 7.99.